The van der Waals surface area contributed by atoms with Crippen molar-refractivity contribution < 1.29 is 14.3 Å². The molecule has 1 aromatic carbocycles. The number of amides is 1. The van der Waals surface area contributed by atoms with Crippen LogP contribution < -0.4 is 11.1 Å². The summed E-state index contributed by atoms with van der Waals surface area (Å²) in [7, 11) is 1.30. The highest BCUT2D eigenvalue weighted by atomic mass is 79.9. The second kappa shape index (κ2) is 8.44. The van der Waals surface area contributed by atoms with Crippen molar-refractivity contribution >= 4 is 39.3 Å². The summed E-state index contributed by atoms with van der Waals surface area (Å²) in [6.45, 7) is 0. The maximum atomic E-state index is 11.9. The van der Waals surface area contributed by atoms with Crippen LogP contribution in [-0.4, -0.2) is 28.8 Å². The highest BCUT2D eigenvalue weighted by Gasteiger charge is 2.29. The van der Waals surface area contributed by atoms with Crippen molar-refractivity contribution in [1.29, 1.82) is 5.26 Å². The Labute approximate surface area is 170 Å². The predicted octanol–water partition coefficient (Wildman–Crippen LogP) is 3.53. The number of rotatable bonds is 5. The number of esters is 1. The van der Waals surface area contributed by atoms with Crippen LogP contribution in [0.3, 0.4) is 0 Å². The van der Waals surface area contributed by atoms with Crippen molar-refractivity contribution in [2.45, 2.75) is 31.7 Å². The monoisotopic (exact) mass is 445 g/mol. The number of nitrogens with one attached hydrogen (secondary N) is 1. The third-order valence-electron chi connectivity index (χ3n) is 4.87. The van der Waals surface area contributed by atoms with E-state index in [1.807, 2.05) is 0 Å². The Morgan fingerprint density at radius 3 is 2.79 bits per heavy atom. The molecule has 1 fully saturated rings. The molecule has 8 nitrogen and oxygen atoms in total. The summed E-state index contributed by atoms with van der Waals surface area (Å²) >= 11 is 3.31. The van der Waals surface area contributed by atoms with Crippen molar-refractivity contribution in [3.63, 3.8) is 0 Å². The summed E-state index contributed by atoms with van der Waals surface area (Å²) < 4.78 is 7.02. The average Bonchev–Trinajstić information content (AvgIpc) is 3.12. The van der Waals surface area contributed by atoms with Gasteiger partial charge in [-0.3, -0.25) is 9.48 Å². The summed E-state index contributed by atoms with van der Waals surface area (Å²) in [6, 6.07) is 7.27. The Bertz CT molecular complexity index is 950. The minimum Gasteiger partial charge on any atom is -0.465 e. The van der Waals surface area contributed by atoms with Gasteiger partial charge < -0.3 is 15.8 Å². The van der Waals surface area contributed by atoms with E-state index in [4.69, 9.17) is 10.5 Å². The molecule has 146 valence electrons. The largest absolute Gasteiger partial charge is 0.465 e. The zero-order valence-electron chi connectivity index (χ0n) is 15.3. The number of ether oxygens (including phenoxy) is 1. The maximum Gasteiger partial charge on any atom is 0.339 e. The van der Waals surface area contributed by atoms with Crippen LogP contribution in [0, 0.1) is 17.2 Å². The zero-order valence-corrected chi connectivity index (χ0v) is 16.9. The summed E-state index contributed by atoms with van der Waals surface area (Å²) in [5.41, 5.74) is 6.64. The van der Waals surface area contributed by atoms with Crippen LogP contribution in [0.5, 0.6) is 0 Å². The van der Waals surface area contributed by atoms with E-state index in [-0.39, 0.29) is 23.3 Å². The lowest BCUT2D eigenvalue weighted by molar-refractivity contribution is 0.0599. The molecular formula is C19H20BrN5O3. The van der Waals surface area contributed by atoms with Crippen molar-refractivity contribution in [1.82, 2.24) is 9.78 Å². The van der Waals surface area contributed by atoms with Gasteiger partial charge in [0.1, 0.15) is 5.56 Å². The number of aromatic nitrogens is 2. The molecule has 28 heavy (non-hydrogen) atoms. The number of nitrogens with zero attached hydrogens (tertiary/aromatic N) is 3. The molecular weight excluding hydrogens is 426 g/mol. The molecule has 1 aliphatic carbocycles. The molecule has 3 N–H and O–H groups in total. The first kappa shape index (κ1) is 19.9. The van der Waals surface area contributed by atoms with E-state index in [0.29, 0.717) is 15.7 Å². The third kappa shape index (κ3) is 4.02. The molecule has 2 aromatic rings. The number of benzene rings is 1. The van der Waals surface area contributed by atoms with Crippen LogP contribution in [0.15, 0.2) is 28.9 Å². The van der Waals surface area contributed by atoms with E-state index in [1.165, 1.54) is 7.11 Å². The number of hydrogen-bond donors (Lipinski definition) is 2. The van der Waals surface area contributed by atoms with Gasteiger partial charge in [-0.1, -0.05) is 12.8 Å². The maximum absolute atomic E-state index is 11.9. The van der Waals surface area contributed by atoms with Gasteiger partial charge in [0.15, 0.2) is 5.82 Å². The molecule has 1 amide bonds. The molecule has 0 spiro atoms. The Morgan fingerprint density at radius 2 is 2.11 bits per heavy atom. The van der Waals surface area contributed by atoms with Gasteiger partial charge in [-0.2, -0.15) is 10.4 Å². The van der Waals surface area contributed by atoms with E-state index in [0.717, 1.165) is 25.7 Å². The van der Waals surface area contributed by atoms with Gasteiger partial charge >= 0.3 is 5.97 Å². The summed E-state index contributed by atoms with van der Waals surface area (Å²) in [4.78, 5) is 23.8. The van der Waals surface area contributed by atoms with Gasteiger partial charge in [-0.25, -0.2) is 4.79 Å². The van der Waals surface area contributed by atoms with Gasteiger partial charge in [0, 0.05) is 16.4 Å². The second-order valence-electron chi connectivity index (χ2n) is 6.63. The highest BCUT2D eigenvalue weighted by molar-refractivity contribution is 9.10. The van der Waals surface area contributed by atoms with Crippen molar-refractivity contribution in [2.24, 2.45) is 11.7 Å². The smallest absolute Gasteiger partial charge is 0.339 e. The first-order chi connectivity index (χ1) is 13.4. The first-order valence-corrected chi connectivity index (χ1v) is 9.67. The van der Waals surface area contributed by atoms with Crippen LogP contribution in [0.4, 0.5) is 11.5 Å². The molecule has 1 heterocycles. The molecule has 2 atom stereocenters. The van der Waals surface area contributed by atoms with E-state index in [2.05, 4.69) is 32.4 Å². The number of carbonyl (C=O) groups is 2. The molecule has 0 radical (unpaired) electrons. The number of halogens is 1. The van der Waals surface area contributed by atoms with E-state index < -0.39 is 11.9 Å². The first-order valence-electron chi connectivity index (χ1n) is 8.88. The molecule has 0 aliphatic heterocycles. The minimum atomic E-state index is -0.622. The van der Waals surface area contributed by atoms with Crippen LogP contribution in [0.25, 0.3) is 0 Å². The summed E-state index contributed by atoms with van der Waals surface area (Å²) in [5.74, 6) is -0.979. The van der Waals surface area contributed by atoms with E-state index in [9.17, 15) is 14.9 Å². The number of nitrogens with two attached hydrogens (primary N) is 1. The molecule has 0 bridgehead atoms. The lowest BCUT2D eigenvalue weighted by Gasteiger charge is -2.26. The predicted molar refractivity (Wildman–Crippen MR) is 106 cm³/mol. The highest BCUT2D eigenvalue weighted by Crippen LogP contribution is 2.34. The van der Waals surface area contributed by atoms with E-state index >= 15 is 0 Å². The number of methoxy groups -OCH3 is 1. The molecule has 9 heteroatoms. The van der Waals surface area contributed by atoms with Gasteiger partial charge in [0.25, 0.3) is 5.91 Å². The Balaban J connectivity index is 1.94. The van der Waals surface area contributed by atoms with Crippen molar-refractivity contribution in [3.8, 4) is 6.07 Å². The topological polar surface area (TPSA) is 123 Å². The van der Waals surface area contributed by atoms with Crippen molar-refractivity contribution in [2.75, 3.05) is 12.4 Å². The van der Waals surface area contributed by atoms with Crippen LogP contribution in [0.2, 0.25) is 0 Å². The Hall–Kier alpha value is -2.86. The fourth-order valence-corrected chi connectivity index (χ4v) is 3.83. The lowest BCUT2D eigenvalue weighted by atomic mass is 9.85. The van der Waals surface area contributed by atoms with Gasteiger partial charge in [0.05, 0.1) is 30.7 Å². The normalized spacial score (nSPS) is 18.9. The Morgan fingerprint density at radius 1 is 1.36 bits per heavy atom. The van der Waals surface area contributed by atoms with Crippen LogP contribution in [0.1, 0.15) is 52.4 Å². The van der Waals surface area contributed by atoms with Crippen LogP contribution >= 0.6 is 15.9 Å². The van der Waals surface area contributed by atoms with Crippen LogP contribution in [-0.2, 0) is 4.74 Å². The van der Waals surface area contributed by atoms with E-state index in [1.54, 1.807) is 29.1 Å². The molecule has 1 aromatic heterocycles. The number of primary amides is 1. The SMILES string of the molecule is COC(=O)c1cc(Nc2nn([C@@H]3CCCC[C@H]3C#N)cc2C(N)=O)ccc1Br. The molecule has 1 saturated carbocycles. The number of carbonyl (C=O) groups excluding carboxylic acids is 2. The molecule has 0 unspecified atom stereocenters. The quantitative estimate of drug-likeness (QED) is 0.678. The van der Waals surface area contributed by atoms with Gasteiger partial charge in [0.2, 0.25) is 0 Å². The average molecular weight is 446 g/mol. The zero-order chi connectivity index (χ0) is 20.3. The van der Waals surface area contributed by atoms with Gasteiger partial charge in [-0.15, -0.1) is 0 Å². The summed E-state index contributed by atoms with van der Waals surface area (Å²) in [6.07, 6.45) is 5.24. The molecule has 3 rings (SSSR count). The fraction of sp³-hybridized carbons (Fsp3) is 0.368. The van der Waals surface area contributed by atoms with Gasteiger partial charge in [-0.05, 0) is 47.0 Å². The number of anilines is 2. The Kier molecular flexibility index (Phi) is 5.99. The second-order valence-corrected chi connectivity index (χ2v) is 7.49. The standard InChI is InChI=1S/C19H20BrN5O3/c1-28-19(27)13-8-12(6-7-15(13)20)23-18-14(17(22)26)10-25(24-18)16-5-3-2-4-11(16)9-21/h6-8,10-11,16H,2-5H2,1H3,(H2,22,26)(H,23,24)/t11-,16+/m0/s1. The summed E-state index contributed by atoms with van der Waals surface area (Å²) in [5, 5.41) is 17.0. The number of hydrogen-bond acceptors (Lipinski definition) is 6. The molecule has 0 saturated heterocycles. The minimum absolute atomic E-state index is 0.0945. The van der Waals surface area contributed by atoms with Crippen molar-refractivity contribution in [3.05, 3.63) is 40.0 Å². The fourth-order valence-electron chi connectivity index (χ4n) is 3.42. The molecule has 1 aliphatic rings. The lowest BCUT2D eigenvalue weighted by Crippen LogP contribution is -2.22. The number of nitriles is 1. The third-order valence-corrected chi connectivity index (χ3v) is 5.56.